The van der Waals surface area contributed by atoms with E-state index in [0.29, 0.717) is 56.2 Å². The summed E-state index contributed by atoms with van der Waals surface area (Å²) < 4.78 is 0. The fraction of sp³-hybridized carbons (Fsp3) is 0.828. The molecule has 2 aliphatic rings. The number of urea groups is 1. The van der Waals surface area contributed by atoms with Gasteiger partial charge in [-0.25, -0.2) is 4.79 Å². The Labute approximate surface area is 244 Å². The van der Waals surface area contributed by atoms with Crippen molar-refractivity contribution in [2.24, 2.45) is 11.8 Å². The third kappa shape index (κ3) is 12.1. The Bertz CT molecular complexity index is 838. The van der Waals surface area contributed by atoms with Crippen molar-refractivity contribution < 1.29 is 24.0 Å². The van der Waals surface area contributed by atoms with E-state index in [1.165, 1.54) is 0 Å². The topological polar surface area (TPSA) is 146 Å². The highest BCUT2D eigenvalue weighted by molar-refractivity contribution is 8.00. The molecule has 10 nitrogen and oxygen atoms in total. The van der Waals surface area contributed by atoms with Gasteiger partial charge in [-0.2, -0.15) is 11.8 Å². The van der Waals surface area contributed by atoms with Crippen molar-refractivity contribution >= 4 is 41.8 Å². The number of unbranched alkanes of at least 4 members (excludes halogenated alkanes) is 2. The van der Waals surface area contributed by atoms with E-state index in [0.717, 1.165) is 44.1 Å². The minimum atomic E-state index is -0.661. The first-order valence-electron chi connectivity index (χ1n) is 15.2. The number of nitrogens with one attached hydrogen (secondary N) is 5. The highest BCUT2D eigenvalue weighted by atomic mass is 32.2. The van der Waals surface area contributed by atoms with Crippen LogP contribution >= 0.6 is 11.8 Å². The predicted molar refractivity (Wildman–Crippen MR) is 159 cm³/mol. The van der Waals surface area contributed by atoms with Crippen LogP contribution in [-0.4, -0.2) is 71.8 Å². The molecule has 0 aromatic carbocycles. The maximum Gasteiger partial charge on any atom is 0.315 e. The lowest BCUT2D eigenvalue weighted by molar-refractivity contribution is -0.131. The summed E-state index contributed by atoms with van der Waals surface area (Å²) in [6, 6.07) is -0.934. The number of aldehydes is 1. The molecule has 0 spiro atoms. The van der Waals surface area contributed by atoms with Crippen molar-refractivity contribution in [3.05, 3.63) is 0 Å². The second-order valence-electron chi connectivity index (χ2n) is 11.6. The standard InChI is InChI=1S/C29H51N5O5S/c1-5-20(6-2)16-26(37)32-22(15-19(3)4)28(38)31-21(17-35)11-9-10-14-30-25(36)13-8-7-12-24-27-23(18-40-24)33-29(39)34-27/h17,19-24,27H,5-16,18H2,1-4H3,(H,30,36)(H,31,38)(H,32,37)(H2,33,34,39)/t21-,22-,23-,24-,27-/m0/s1. The van der Waals surface area contributed by atoms with Crippen LogP contribution in [0.4, 0.5) is 4.79 Å². The molecule has 5 amide bonds. The molecule has 2 fully saturated rings. The molecule has 228 valence electrons. The number of hydrogen-bond donors (Lipinski definition) is 5. The van der Waals surface area contributed by atoms with Crippen molar-refractivity contribution in [1.82, 2.24) is 26.6 Å². The van der Waals surface area contributed by atoms with E-state index in [9.17, 15) is 24.0 Å². The molecule has 0 aromatic rings. The molecule has 5 N–H and O–H groups in total. The van der Waals surface area contributed by atoms with Gasteiger partial charge in [-0.1, -0.05) is 47.0 Å². The first kappa shape index (κ1) is 33.9. The Morgan fingerprint density at radius 1 is 1.02 bits per heavy atom. The molecule has 2 heterocycles. The van der Waals surface area contributed by atoms with Crippen molar-refractivity contribution in [2.45, 2.75) is 128 Å². The summed E-state index contributed by atoms with van der Waals surface area (Å²) in [5.41, 5.74) is 0. The van der Waals surface area contributed by atoms with Gasteiger partial charge in [0.25, 0.3) is 0 Å². The van der Waals surface area contributed by atoms with Crippen LogP contribution in [0.5, 0.6) is 0 Å². The van der Waals surface area contributed by atoms with E-state index >= 15 is 0 Å². The maximum atomic E-state index is 12.9. The van der Waals surface area contributed by atoms with Gasteiger partial charge in [0.15, 0.2) is 0 Å². The Kier molecular flexibility index (Phi) is 15.4. The van der Waals surface area contributed by atoms with Crippen molar-refractivity contribution in [3.8, 4) is 0 Å². The Morgan fingerprint density at radius 2 is 1.77 bits per heavy atom. The Hall–Kier alpha value is -2.30. The molecule has 40 heavy (non-hydrogen) atoms. The lowest BCUT2D eigenvalue weighted by Gasteiger charge is -2.23. The molecule has 2 rings (SSSR count). The number of amides is 5. The summed E-state index contributed by atoms with van der Waals surface area (Å²) in [6.07, 6.45) is 8.57. The zero-order valence-electron chi connectivity index (χ0n) is 24.8. The molecule has 2 aliphatic heterocycles. The molecule has 0 radical (unpaired) electrons. The van der Waals surface area contributed by atoms with Gasteiger partial charge >= 0.3 is 6.03 Å². The lowest BCUT2D eigenvalue weighted by Crippen LogP contribution is -2.50. The number of hydrogen-bond acceptors (Lipinski definition) is 6. The fourth-order valence-corrected chi connectivity index (χ4v) is 6.88. The third-order valence-electron chi connectivity index (χ3n) is 7.82. The second kappa shape index (κ2) is 18.2. The molecule has 11 heteroatoms. The summed E-state index contributed by atoms with van der Waals surface area (Å²) in [6.45, 7) is 8.64. The number of fused-ring (bicyclic) bond motifs is 1. The Morgan fingerprint density at radius 3 is 2.45 bits per heavy atom. The van der Waals surface area contributed by atoms with Gasteiger partial charge in [0.1, 0.15) is 12.3 Å². The summed E-state index contributed by atoms with van der Waals surface area (Å²) in [5, 5.41) is 15.0. The largest absolute Gasteiger partial charge is 0.356 e. The van der Waals surface area contributed by atoms with Gasteiger partial charge in [0.05, 0.1) is 18.1 Å². The molecular weight excluding hydrogens is 530 g/mol. The summed E-state index contributed by atoms with van der Waals surface area (Å²) >= 11 is 1.88. The molecule has 0 aromatic heterocycles. The quantitative estimate of drug-likeness (QED) is 0.0849. The highest BCUT2D eigenvalue weighted by Crippen LogP contribution is 2.33. The van der Waals surface area contributed by atoms with Gasteiger partial charge in [-0.05, 0) is 50.4 Å². The van der Waals surface area contributed by atoms with Crippen molar-refractivity contribution in [1.29, 1.82) is 0 Å². The minimum Gasteiger partial charge on any atom is -0.356 e. The normalized spacial score (nSPS) is 21.4. The fourth-order valence-electron chi connectivity index (χ4n) is 5.33. The van der Waals surface area contributed by atoms with E-state index in [-0.39, 0.29) is 41.8 Å². The van der Waals surface area contributed by atoms with E-state index in [2.05, 4.69) is 40.4 Å². The number of carbonyl (C=O) groups excluding carboxylic acids is 5. The zero-order valence-corrected chi connectivity index (χ0v) is 25.6. The average molecular weight is 582 g/mol. The molecule has 2 saturated heterocycles. The van der Waals surface area contributed by atoms with Crippen LogP contribution in [0.2, 0.25) is 0 Å². The van der Waals surface area contributed by atoms with Crippen LogP contribution < -0.4 is 26.6 Å². The van der Waals surface area contributed by atoms with E-state index in [1.807, 2.05) is 25.6 Å². The predicted octanol–water partition coefficient (Wildman–Crippen LogP) is 3.04. The monoisotopic (exact) mass is 581 g/mol. The van der Waals surface area contributed by atoms with E-state index in [4.69, 9.17) is 0 Å². The first-order valence-corrected chi connectivity index (χ1v) is 16.2. The van der Waals surface area contributed by atoms with Crippen molar-refractivity contribution in [3.63, 3.8) is 0 Å². The molecule has 5 atom stereocenters. The zero-order chi connectivity index (χ0) is 29.5. The van der Waals surface area contributed by atoms with Crippen LogP contribution in [-0.2, 0) is 19.2 Å². The highest BCUT2D eigenvalue weighted by Gasteiger charge is 2.42. The van der Waals surface area contributed by atoms with Crippen LogP contribution in [0.1, 0.15) is 98.3 Å². The Balaban J connectivity index is 1.60. The van der Waals surface area contributed by atoms with Crippen LogP contribution in [0.15, 0.2) is 0 Å². The molecule has 0 saturated carbocycles. The van der Waals surface area contributed by atoms with Crippen LogP contribution in [0, 0.1) is 11.8 Å². The van der Waals surface area contributed by atoms with Gasteiger partial charge in [-0.15, -0.1) is 0 Å². The van der Waals surface area contributed by atoms with Gasteiger partial charge in [-0.3, -0.25) is 14.4 Å². The van der Waals surface area contributed by atoms with Gasteiger partial charge in [0.2, 0.25) is 17.7 Å². The summed E-state index contributed by atoms with van der Waals surface area (Å²) in [5.74, 6) is 1.02. The van der Waals surface area contributed by atoms with Gasteiger partial charge in [0, 0.05) is 30.4 Å². The number of rotatable bonds is 20. The minimum absolute atomic E-state index is 0.0219. The smallest absolute Gasteiger partial charge is 0.315 e. The first-order chi connectivity index (χ1) is 19.2. The van der Waals surface area contributed by atoms with E-state index in [1.54, 1.807) is 0 Å². The number of thioether (sulfide) groups is 1. The van der Waals surface area contributed by atoms with Crippen LogP contribution in [0.25, 0.3) is 0 Å². The maximum absolute atomic E-state index is 12.9. The number of carbonyl (C=O) groups is 5. The summed E-state index contributed by atoms with van der Waals surface area (Å²) in [7, 11) is 0. The summed E-state index contributed by atoms with van der Waals surface area (Å²) in [4.78, 5) is 60.7. The van der Waals surface area contributed by atoms with Crippen LogP contribution in [0.3, 0.4) is 0 Å². The molecule has 0 unspecified atom stereocenters. The molecule has 0 bridgehead atoms. The third-order valence-corrected chi connectivity index (χ3v) is 9.33. The lowest BCUT2D eigenvalue weighted by atomic mass is 9.98. The average Bonchev–Trinajstić information content (AvgIpc) is 3.47. The molecular formula is C29H51N5O5S. The van der Waals surface area contributed by atoms with Gasteiger partial charge < -0.3 is 31.4 Å². The van der Waals surface area contributed by atoms with E-state index < -0.39 is 12.1 Å². The SMILES string of the molecule is CCC(CC)CC(=O)N[C@@H](CC(C)C)C(=O)N[C@H](C=O)CCCCNC(=O)CCCC[C@@H]1SC[C@@H]2NC(=O)N[C@@H]21. The van der Waals surface area contributed by atoms with Crippen molar-refractivity contribution in [2.75, 3.05) is 12.3 Å². The second-order valence-corrected chi connectivity index (χ2v) is 12.9. The molecule has 0 aliphatic carbocycles.